The summed E-state index contributed by atoms with van der Waals surface area (Å²) in [6.45, 7) is 1.73. The van der Waals surface area contributed by atoms with E-state index in [0.717, 1.165) is 0 Å². The molecule has 0 bridgehead atoms. The van der Waals surface area contributed by atoms with E-state index < -0.39 is 0 Å². The Labute approximate surface area is 64.1 Å². The molecule has 1 aromatic rings. The third kappa shape index (κ3) is 1.55. The molecule has 0 aromatic carbocycles. The van der Waals surface area contributed by atoms with Crippen molar-refractivity contribution in [3.8, 4) is 0 Å². The van der Waals surface area contributed by atoms with Gasteiger partial charge in [0.15, 0.2) is 11.2 Å². The second-order valence-corrected chi connectivity index (χ2v) is 2.20. The van der Waals surface area contributed by atoms with Crippen molar-refractivity contribution in [1.82, 2.24) is 4.98 Å². The van der Waals surface area contributed by atoms with Gasteiger partial charge in [-0.1, -0.05) is 6.92 Å². The zero-order chi connectivity index (χ0) is 8.27. The van der Waals surface area contributed by atoms with Crippen molar-refractivity contribution in [2.75, 3.05) is 0 Å². The molecule has 0 fully saturated rings. The molecule has 0 atom stereocenters. The predicted molar refractivity (Wildman–Crippen MR) is 41.7 cm³/mol. The Balaban J connectivity index is 3.14. The van der Waals surface area contributed by atoms with Gasteiger partial charge in [-0.15, -0.1) is 0 Å². The fourth-order valence-electron chi connectivity index (χ4n) is 0.825. The Hall–Kier alpha value is -1.38. The standard InChI is InChI=1S/C8H9NO2/c1-2-7(10)6-5-9-4-3-8(6)11/h3-5H,2H2,1H3,(H,9,11). The number of aromatic amines is 1. The average molecular weight is 151 g/mol. The summed E-state index contributed by atoms with van der Waals surface area (Å²) < 4.78 is 0. The molecule has 0 spiro atoms. The lowest BCUT2D eigenvalue weighted by atomic mass is 10.1. The summed E-state index contributed by atoms with van der Waals surface area (Å²) in [7, 11) is 0. The van der Waals surface area contributed by atoms with Crippen LogP contribution in [0.25, 0.3) is 0 Å². The van der Waals surface area contributed by atoms with Crippen LogP contribution < -0.4 is 5.43 Å². The van der Waals surface area contributed by atoms with Gasteiger partial charge in [-0.2, -0.15) is 0 Å². The van der Waals surface area contributed by atoms with Crippen LogP contribution in [0.15, 0.2) is 23.3 Å². The molecule has 0 saturated heterocycles. The maximum Gasteiger partial charge on any atom is 0.192 e. The van der Waals surface area contributed by atoms with E-state index in [1.165, 1.54) is 18.5 Å². The van der Waals surface area contributed by atoms with Crippen LogP contribution in [0, 0.1) is 0 Å². The minimum absolute atomic E-state index is 0.119. The number of hydrogen-bond acceptors (Lipinski definition) is 2. The van der Waals surface area contributed by atoms with Crippen LogP contribution in [0.2, 0.25) is 0 Å². The SMILES string of the molecule is CCC(=O)c1c[nH]ccc1=O. The van der Waals surface area contributed by atoms with Crippen molar-refractivity contribution >= 4 is 5.78 Å². The molecule has 3 heteroatoms. The van der Waals surface area contributed by atoms with Crippen molar-refractivity contribution in [1.29, 1.82) is 0 Å². The second kappa shape index (κ2) is 3.14. The van der Waals surface area contributed by atoms with Crippen molar-refractivity contribution < 1.29 is 4.79 Å². The lowest BCUT2D eigenvalue weighted by Crippen LogP contribution is -2.12. The van der Waals surface area contributed by atoms with E-state index in [2.05, 4.69) is 4.98 Å². The summed E-state index contributed by atoms with van der Waals surface area (Å²) in [5, 5.41) is 0. The summed E-state index contributed by atoms with van der Waals surface area (Å²) in [6, 6.07) is 1.35. The van der Waals surface area contributed by atoms with Crippen LogP contribution >= 0.6 is 0 Å². The number of carbonyl (C=O) groups excluding carboxylic acids is 1. The van der Waals surface area contributed by atoms with Crippen molar-refractivity contribution in [2.24, 2.45) is 0 Å². The van der Waals surface area contributed by atoms with Crippen molar-refractivity contribution in [2.45, 2.75) is 13.3 Å². The van der Waals surface area contributed by atoms with Gasteiger partial charge in [0.2, 0.25) is 0 Å². The van der Waals surface area contributed by atoms with Crippen LogP contribution in [0.3, 0.4) is 0 Å². The summed E-state index contributed by atoms with van der Waals surface area (Å²) in [6.07, 6.45) is 3.32. The van der Waals surface area contributed by atoms with E-state index in [-0.39, 0.29) is 16.8 Å². The number of pyridine rings is 1. The predicted octanol–water partition coefficient (Wildman–Crippen LogP) is 0.968. The normalized spacial score (nSPS) is 9.55. The monoisotopic (exact) mass is 151 g/mol. The fourth-order valence-corrected chi connectivity index (χ4v) is 0.825. The van der Waals surface area contributed by atoms with Gasteiger partial charge in [0.05, 0.1) is 5.56 Å². The molecule has 0 saturated carbocycles. The summed E-state index contributed by atoms with van der Waals surface area (Å²) in [5.41, 5.74) is 0.0330. The molecule has 0 aliphatic rings. The van der Waals surface area contributed by atoms with Gasteiger partial charge in [-0.05, 0) is 0 Å². The minimum atomic E-state index is -0.212. The molecule has 1 N–H and O–H groups in total. The van der Waals surface area contributed by atoms with Gasteiger partial charge in [0.1, 0.15) is 0 Å². The minimum Gasteiger partial charge on any atom is -0.367 e. The first-order valence-corrected chi connectivity index (χ1v) is 3.46. The molecule has 58 valence electrons. The number of rotatable bonds is 2. The number of H-pyrrole nitrogens is 1. The molecular weight excluding hydrogens is 142 g/mol. The van der Waals surface area contributed by atoms with Gasteiger partial charge < -0.3 is 4.98 Å². The van der Waals surface area contributed by atoms with Crippen LogP contribution in [0.4, 0.5) is 0 Å². The molecule has 0 aliphatic heterocycles. The Morgan fingerprint density at radius 3 is 2.91 bits per heavy atom. The number of carbonyl (C=O) groups is 1. The number of nitrogens with one attached hydrogen (secondary N) is 1. The lowest BCUT2D eigenvalue weighted by Gasteiger charge is -1.93. The Kier molecular flexibility index (Phi) is 2.21. The summed E-state index contributed by atoms with van der Waals surface area (Å²) in [5.74, 6) is -0.119. The summed E-state index contributed by atoms with van der Waals surface area (Å²) in [4.78, 5) is 24.7. The topological polar surface area (TPSA) is 49.9 Å². The summed E-state index contributed by atoms with van der Waals surface area (Å²) >= 11 is 0. The Morgan fingerprint density at radius 1 is 1.64 bits per heavy atom. The van der Waals surface area contributed by atoms with E-state index in [0.29, 0.717) is 6.42 Å². The van der Waals surface area contributed by atoms with Gasteiger partial charge in [0, 0.05) is 24.9 Å². The quantitative estimate of drug-likeness (QED) is 0.640. The molecule has 11 heavy (non-hydrogen) atoms. The molecule has 0 radical (unpaired) electrons. The number of Topliss-reactive ketones (excluding diaryl/α,β-unsaturated/α-hetero) is 1. The van der Waals surface area contributed by atoms with Gasteiger partial charge in [-0.3, -0.25) is 9.59 Å². The molecular formula is C8H9NO2. The lowest BCUT2D eigenvalue weighted by molar-refractivity contribution is 0.0987. The van der Waals surface area contributed by atoms with Gasteiger partial charge in [-0.25, -0.2) is 0 Å². The van der Waals surface area contributed by atoms with Crippen LogP contribution in [0.1, 0.15) is 23.7 Å². The zero-order valence-corrected chi connectivity index (χ0v) is 6.26. The molecule has 1 aromatic heterocycles. The maximum atomic E-state index is 11.0. The van der Waals surface area contributed by atoms with Crippen molar-refractivity contribution in [3.05, 3.63) is 34.2 Å². The Bertz CT molecular complexity index is 314. The molecule has 0 amide bonds. The second-order valence-electron chi connectivity index (χ2n) is 2.20. The highest BCUT2D eigenvalue weighted by atomic mass is 16.1. The van der Waals surface area contributed by atoms with Crippen LogP contribution in [-0.2, 0) is 0 Å². The molecule has 1 rings (SSSR count). The highest BCUT2D eigenvalue weighted by Crippen LogP contribution is 1.93. The first-order valence-electron chi connectivity index (χ1n) is 3.46. The van der Waals surface area contributed by atoms with E-state index >= 15 is 0 Å². The third-order valence-electron chi connectivity index (χ3n) is 1.45. The van der Waals surface area contributed by atoms with E-state index in [9.17, 15) is 9.59 Å². The third-order valence-corrected chi connectivity index (χ3v) is 1.45. The van der Waals surface area contributed by atoms with Crippen LogP contribution in [0.5, 0.6) is 0 Å². The first-order chi connectivity index (χ1) is 5.25. The molecule has 1 heterocycles. The highest BCUT2D eigenvalue weighted by Gasteiger charge is 2.05. The first kappa shape index (κ1) is 7.72. The van der Waals surface area contributed by atoms with E-state index in [1.54, 1.807) is 6.92 Å². The molecule has 0 aliphatic carbocycles. The van der Waals surface area contributed by atoms with Crippen molar-refractivity contribution in [3.63, 3.8) is 0 Å². The number of hydrogen-bond donors (Lipinski definition) is 1. The zero-order valence-electron chi connectivity index (χ0n) is 6.26. The van der Waals surface area contributed by atoms with Gasteiger partial charge >= 0.3 is 0 Å². The van der Waals surface area contributed by atoms with Crippen LogP contribution in [-0.4, -0.2) is 10.8 Å². The van der Waals surface area contributed by atoms with E-state index in [4.69, 9.17) is 0 Å². The van der Waals surface area contributed by atoms with Gasteiger partial charge in [0.25, 0.3) is 0 Å². The Morgan fingerprint density at radius 2 is 2.36 bits per heavy atom. The fraction of sp³-hybridized carbons (Fsp3) is 0.250. The largest absolute Gasteiger partial charge is 0.367 e. The number of aromatic nitrogens is 1. The molecule has 3 nitrogen and oxygen atoms in total. The average Bonchev–Trinajstić information content (AvgIpc) is 2.04. The maximum absolute atomic E-state index is 11.0. The smallest absolute Gasteiger partial charge is 0.192 e. The van der Waals surface area contributed by atoms with E-state index in [1.807, 2.05) is 0 Å². The number of ketones is 1. The molecule has 0 unspecified atom stereocenters. The highest BCUT2D eigenvalue weighted by molar-refractivity contribution is 5.95.